The standard InChI is InChI=1S/C11H9Cl2IN4O/c1-6-7(9(12)17-11(13)16-6)2-3-18-5-15-4-8(14)10(18)19/h4-5H,2-3H2,1H3. The van der Waals surface area contributed by atoms with E-state index >= 15 is 0 Å². The van der Waals surface area contributed by atoms with Gasteiger partial charge in [0, 0.05) is 24.0 Å². The third kappa shape index (κ3) is 3.43. The zero-order valence-electron chi connectivity index (χ0n) is 9.90. The monoisotopic (exact) mass is 410 g/mol. The maximum absolute atomic E-state index is 11.8. The molecule has 0 aromatic carbocycles. The summed E-state index contributed by atoms with van der Waals surface area (Å²) in [6.07, 6.45) is 3.58. The minimum absolute atomic E-state index is 0.0701. The summed E-state index contributed by atoms with van der Waals surface area (Å²) in [5.41, 5.74) is 1.44. The van der Waals surface area contributed by atoms with Crippen molar-refractivity contribution in [3.8, 4) is 0 Å². The molecule has 0 unspecified atom stereocenters. The molecule has 0 amide bonds. The van der Waals surface area contributed by atoms with Crippen LogP contribution in [0.3, 0.4) is 0 Å². The van der Waals surface area contributed by atoms with E-state index in [4.69, 9.17) is 23.2 Å². The number of halogens is 3. The Morgan fingerprint density at radius 2 is 2.11 bits per heavy atom. The highest BCUT2D eigenvalue weighted by Gasteiger charge is 2.10. The van der Waals surface area contributed by atoms with Crippen molar-refractivity contribution in [3.63, 3.8) is 0 Å². The first-order chi connectivity index (χ1) is 8.99. The Morgan fingerprint density at radius 3 is 2.79 bits per heavy atom. The number of hydrogen-bond donors (Lipinski definition) is 0. The lowest BCUT2D eigenvalue weighted by Gasteiger charge is -2.09. The molecule has 0 spiro atoms. The van der Waals surface area contributed by atoms with E-state index in [1.54, 1.807) is 0 Å². The van der Waals surface area contributed by atoms with Crippen LogP contribution in [0.25, 0.3) is 0 Å². The van der Waals surface area contributed by atoms with Gasteiger partial charge in [-0.05, 0) is 47.5 Å². The second-order valence-electron chi connectivity index (χ2n) is 3.84. The van der Waals surface area contributed by atoms with Gasteiger partial charge in [-0.15, -0.1) is 0 Å². The molecule has 2 heterocycles. The lowest BCUT2D eigenvalue weighted by atomic mass is 10.2. The summed E-state index contributed by atoms with van der Waals surface area (Å²) in [4.78, 5) is 23.8. The van der Waals surface area contributed by atoms with Crippen LogP contribution in [0, 0.1) is 10.5 Å². The van der Waals surface area contributed by atoms with Gasteiger partial charge in [0.2, 0.25) is 5.28 Å². The van der Waals surface area contributed by atoms with Crippen molar-refractivity contribution in [3.05, 3.63) is 48.1 Å². The normalized spacial score (nSPS) is 10.7. The van der Waals surface area contributed by atoms with E-state index in [9.17, 15) is 4.79 Å². The fourth-order valence-corrected chi connectivity index (χ4v) is 2.66. The SMILES string of the molecule is Cc1nc(Cl)nc(Cl)c1CCn1cncc(I)c1=O. The Balaban J connectivity index is 2.24. The molecule has 2 aromatic rings. The van der Waals surface area contributed by atoms with Crippen LogP contribution in [0.1, 0.15) is 11.3 Å². The van der Waals surface area contributed by atoms with Gasteiger partial charge in [0.1, 0.15) is 5.15 Å². The van der Waals surface area contributed by atoms with Crippen molar-refractivity contribution < 1.29 is 0 Å². The molecule has 0 aliphatic heterocycles. The molecule has 0 radical (unpaired) electrons. The van der Waals surface area contributed by atoms with Gasteiger partial charge in [-0.25, -0.2) is 15.0 Å². The van der Waals surface area contributed by atoms with Crippen molar-refractivity contribution in [2.75, 3.05) is 0 Å². The average Bonchev–Trinajstić information content (AvgIpc) is 2.33. The second kappa shape index (κ2) is 6.15. The van der Waals surface area contributed by atoms with E-state index in [2.05, 4.69) is 15.0 Å². The fourth-order valence-electron chi connectivity index (χ4n) is 1.63. The third-order valence-corrected chi connectivity index (χ3v) is 3.82. The molecule has 0 saturated carbocycles. The molecular weight excluding hydrogens is 402 g/mol. The van der Waals surface area contributed by atoms with Gasteiger partial charge in [0.05, 0.1) is 9.90 Å². The highest BCUT2D eigenvalue weighted by molar-refractivity contribution is 14.1. The van der Waals surface area contributed by atoms with Crippen molar-refractivity contribution in [1.29, 1.82) is 0 Å². The fraction of sp³-hybridized carbons (Fsp3) is 0.273. The molecule has 0 atom stereocenters. The number of aromatic nitrogens is 4. The molecule has 0 bridgehead atoms. The molecule has 0 aliphatic rings. The molecule has 2 rings (SSSR count). The van der Waals surface area contributed by atoms with Gasteiger partial charge in [0.15, 0.2) is 0 Å². The maximum atomic E-state index is 11.8. The summed E-state index contributed by atoms with van der Waals surface area (Å²) in [5.74, 6) is 0. The van der Waals surface area contributed by atoms with Crippen molar-refractivity contribution >= 4 is 45.8 Å². The van der Waals surface area contributed by atoms with E-state index < -0.39 is 0 Å². The van der Waals surface area contributed by atoms with E-state index in [0.29, 0.717) is 21.7 Å². The molecule has 100 valence electrons. The molecule has 2 aromatic heterocycles. The molecule has 8 heteroatoms. The molecule has 0 N–H and O–H groups in total. The first-order valence-corrected chi connectivity index (χ1v) is 7.21. The lowest BCUT2D eigenvalue weighted by molar-refractivity contribution is 0.646. The van der Waals surface area contributed by atoms with Crippen LogP contribution in [-0.4, -0.2) is 19.5 Å². The minimum Gasteiger partial charge on any atom is -0.298 e. The van der Waals surface area contributed by atoms with Gasteiger partial charge in [-0.2, -0.15) is 0 Å². The van der Waals surface area contributed by atoms with Crippen LogP contribution >= 0.6 is 45.8 Å². The van der Waals surface area contributed by atoms with Crippen LogP contribution in [0.5, 0.6) is 0 Å². The van der Waals surface area contributed by atoms with Crippen LogP contribution in [-0.2, 0) is 13.0 Å². The summed E-state index contributed by atoms with van der Waals surface area (Å²) in [5, 5.41) is 0.448. The van der Waals surface area contributed by atoms with Gasteiger partial charge in [-0.3, -0.25) is 9.36 Å². The number of rotatable bonds is 3. The summed E-state index contributed by atoms with van der Waals surface area (Å²) in [6, 6.07) is 0. The number of nitrogens with zero attached hydrogens (tertiary/aromatic N) is 4. The van der Waals surface area contributed by atoms with Crippen LogP contribution in [0.15, 0.2) is 17.3 Å². The Kier molecular flexibility index (Phi) is 4.75. The smallest absolute Gasteiger partial charge is 0.266 e. The molecular formula is C11H9Cl2IN4O. The lowest BCUT2D eigenvalue weighted by Crippen LogP contribution is -2.23. The number of hydrogen-bond acceptors (Lipinski definition) is 4. The van der Waals surface area contributed by atoms with Gasteiger partial charge < -0.3 is 0 Å². The van der Waals surface area contributed by atoms with Gasteiger partial charge >= 0.3 is 0 Å². The van der Waals surface area contributed by atoms with Gasteiger partial charge in [-0.1, -0.05) is 11.6 Å². The Bertz CT molecular complexity index is 651. The first kappa shape index (κ1) is 14.7. The van der Waals surface area contributed by atoms with E-state index in [-0.39, 0.29) is 10.8 Å². The minimum atomic E-state index is -0.0701. The maximum Gasteiger partial charge on any atom is 0.266 e. The van der Waals surface area contributed by atoms with E-state index in [1.165, 1.54) is 17.1 Å². The topological polar surface area (TPSA) is 60.7 Å². The zero-order chi connectivity index (χ0) is 14.0. The summed E-state index contributed by atoms with van der Waals surface area (Å²) in [6.45, 7) is 2.28. The quantitative estimate of drug-likeness (QED) is 0.443. The van der Waals surface area contributed by atoms with Crippen LogP contribution < -0.4 is 5.56 Å². The molecule has 0 saturated heterocycles. The molecule has 5 nitrogen and oxygen atoms in total. The van der Waals surface area contributed by atoms with Crippen molar-refractivity contribution in [1.82, 2.24) is 19.5 Å². The van der Waals surface area contributed by atoms with Gasteiger partial charge in [0.25, 0.3) is 5.56 Å². The van der Waals surface area contributed by atoms with Crippen LogP contribution in [0.2, 0.25) is 10.4 Å². The third-order valence-electron chi connectivity index (χ3n) is 2.60. The van der Waals surface area contributed by atoms with E-state index in [1.807, 2.05) is 29.5 Å². The predicted octanol–water partition coefficient (Wildman–Crippen LogP) is 2.50. The van der Waals surface area contributed by atoms with Crippen LogP contribution in [0.4, 0.5) is 0 Å². The highest BCUT2D eigenvalue weighted by Crippen LogP contribution is 2.19. The second-order valence-corrected chi connectivity index (χ2v) is 5.70. The van der Waals surface area contributed by atoms with E-state index in [0.717, 1.165) is 11.3 Å². The van der Waals surface area contributed by atoms with Crippen molar-refractivity contribution in [2.45, 2.75) is 19.9 Å². The molecule has 19 heavy (non-hydrogen) atoms. The molecule has 0 fully saturated rings. The largest absolute Gasteiger partial charge is 0.298 e. The summed E-state index contributed by atoms with van der Waals surface area (Å²) >= 11 is 13.7. The Labute approximate surface area is 133 Å². The predicted molar refractivity (Wildman–Crippen MR) is 81.7 cm³/mol. The summed E-state index contributed by atoms with van der Waals surface area (Å²) in [7, 11) is 0. The average molecular weight is 411 g/mol. The highest BCUT2D eigenvalue weighted by atomic mass is 127. The zero-order valence-corrected chi connectivity index (χ0v) is 13.6. The van der Waals surface area contributed by atoms with Crippen molar-refractivity contribution in [2.24, 2.45) is 0 Å². The Morgan fingerprint density at radius 1 is 1.37 bits per heavy atom. The number of aryl methyl sites for hydroxylation is 2. The first-order valence-electron chi connectivity index (χ1n) is 5.37. The summed E-state index contributed by atoms with van der Waals surface area (Å²) < 4.78 is 2.11. The Hall–Kier alpha value is -0.730. The molecule has 0 aliphatic carbocycles.